The predicted molar refractivity (Wildman–Crippen MR) is 131 cm³/mol. The van der Waals surface area contributed by atoms with E-state index in [1.807, 2.05) is 6.92 Å². The van der Waals surface area contributed by atoms with Crippen molar-refractivity contribution in [3.05, 3.63) is 0 Å². The first-order valence-electron chi connectivity index (χ1n) is 13.3. The van der Waals surface area contributed by atoms with Gasteiger partial charge < -0.3 is 20.4 Å². The van der Waals surface area contributed by atoms with E-state index in [2.05, 4.69) is 20.8 Å². The Balaban J connectivity index is 0.00000324. The van der Waals surface area contributed by atoms with Crippen LogP contribution in [-0.2, 0) is 4.79 Å². The summed E-state index contributed by atoms with van der Waals surface area (Å²) < 4.78 is 13.4. The highest BCUT2D eigenvalue weighted by atomic mass is 19.1. The largest absolute Gasteiger partial charge is 0.481 e. The molecule has 0 spiro atoms. The van der Waals surface area contributed by atoms with E-state index in [0.717, 1.165) is 38.5 Å². The Morgan fingerprint density at radius 2 is 1.74 bits per heavy atom. The molecule has 0 aliphatic heterocycles. The zero-order valence-electron chi connectivity index (χ0n) is 20.8. The van der Waals surface area contributed by atoms with Crippen molar-refractivity contribution in [1.29, 1.82) is 0 Å². The minimum absolute atomic E-state index is 0. The second kappa shape index (κ2) is 9.97. The summed E-state index contributed by atoms with van der Waals surface area (Å²) in [6, 6.07) is 0. The van der Waals surface area contributed by atoms with Crippen LogP contribution in [0.2, 0.25) is 0 Å². The van der Waals surface area contributed by atoms with Crippen LogP contribution in [-0.4, -0.2) is 51.4 Å². The number of aliphatic hydroxyl groups is 3. The van der Waals surface area contributed by atoms with Crippen molar-refractivity contribution in [2.75, 3.05) is 6.67 Å². The van der Waals surface area contributed by atoms with Crippen molar-refractivity contribution in [2.24, 2.45) is 58.2 Å². The molecule has 198 valence electrons. The molecule has 0 aromatic carbocycles. The van der Waals surface area contributed by atoms with Crippen LogP contribution in [0.4, 0.5) is 4.39 Å². The molecule has 34 heavy (non-hydrogen) atoms. The van der Waals surface area contributed by atoms with E-state index >= 15 is 0 Å². The minimum atomic E-state index is -1.08. The second-order valence-electron chi connectivity index (χ2n) is 12.6. The lowest BCUT2D eigenvalue weighted by Gasteiger charge is -2.65. The number of alkyl halides is 1. The molecular formula is C28H49FO5. The molecule has 0 saturated heterocycles. The standard InChI is InChI=1S/C27H45FO5.CH4/c1-5-17-20-11-16(29)8-9-26(20,3)21-12-22(30)27(4)18(6-7-19(27)23(21)24(17)31)14(2)10-15(13-28)25(32)33;/h14-24,29-31H,5-13H2,1-4H3,(H,32,33);1H4/t14-,15-,16-,17-,18-,19+,20+,21?,22+,23+,24-,26+,27-;/m1./s1. The lowest BCUT2D eigenvalue weighted by atomic mass is 9.41. The van der Waals surface area contributed by atoms with E-state index in [1.54, 1.807) is 0 Å². The van der Waals surface area contributed by atoms with Gasteiger partial charge in [0, 0.05) is 0 Å². The van der Waals surface area contributed by atoms with Gasteiger partial charge in [-0.15, -0.1) is 0 Å². The van der Waals surface area contributed by atoms with E-state index in [-0.39, 0.29) is 66.8 Å². The van der Waals surface area contributed by atoms with E-state index in [0.29, 0.717) is 6.42 Å². The molecule has 0 aromatic rings. The fourth-order valence-corrected chi connectivity index (χ4v) is 9.73. The quantitative estimate of drug-likeness (QED) is 0.429. The number of hydrogen-bond donors (Lipinski definition) is 4. The van der Waals surface area contributed by atoms with Crippen molar-refractivity contribution in [2.45, 2.75) is 105 Å². The van der Waals surface area contributed by atoms with Gasteiger partial charge in [-0.3, -0.25) is 9.18 Å². The maximum absolute atomic E-state index is 13.4. The molecule has 4 fully saturated rings. The van der Waals surface area contributed by atoms with Crippen molar-refractivity contribution >= 4 is 5.97 Å². The van der Waals surface area contributed by atoms with E-state index in [1.165, 1.54) is 0 Å². The van der Waals surface area contributed by atoms with Crippen LogP contribution in [0, 0.1) is 58.2 Å². The smallest absolute Gasteiger partial charge is 0.309 e. The van der Waals surface area contributed by atoms with Crippen LogP contribution in [0.25, 0.3) is 0 Å². The normalized spacial score (nSPS) is 49.7. The Morgan fingerprint density at radius 1 is 1.06 bits per heavy atom. The van der Waals surface area contributed by atoms with E-state index in [4.69, 9.17) is 0 Å². The molecule has 4 saturated carbocycles. The maximum atomic E-state index is 13.4. The molecule has 0 bridgehead atoms. The summed E-state index contributed by atoms with van der Waals surface area (Å²) in [6.45, 7) is 7.82. The number of carboxylic acids is 1. The average molecular weight is 485 g/mol. The third-order valence-corrected chi connectivity index (χ3v) is 11.4. The second-order valence-corrected chi connectivity index (χ2v) is 12.6. The van der Waals surface area contributed by atoms with Crippen molar-refractivity contribution in [3.8, 4) is 0 Å². The topological polar surface area (TPSA) is 98.0 Å². The first kappa shape index (κ1) is 27.9. The van der Waals surface area contributed by atoms with Crippen LogP contribution >= 0.6 is 0 Å². The molecule has 4 aliphatic rings. The number of hydrogen-bond acceptors (Lipinski definition) is 4. The summed E-state index contributed by atoms with van der Waals surface area (Å²) in [5.41, 5.74) is -0.380. The molecule has 0 aromatic heterocycles. The highest BCUT2D eigenvalue weighted by Crippen LogP contribution is 2.69. The lowest BCUT2D eigenvalue weighted by molar-refractivity contribution is -0.228. The van der Waals surface area contributed by atoms with Crippen LogP contribution in [0.15, 0.2) is 0 Å². The number of carbonyl (C=O) groups is 1. The van der Waals surface area contributed by atoms with Gasteiger partial charge in [-0.25, -0.2) is 0 Å². The highest BCUT2D eigenvalue weighted by Gasteiger charge is 2.67. The highest BCUT2D eigenvalue weighted by molar-refractivity contribution is 5.70. The van der Waals surface area contributed by atoms with Gasteiger partial charge in [-0.2, -0.15) is 0 Å². The number of fused-ring (bicyclic) bond motifs is 5. The van der Waals surface area contributed by atoms with Crippen LogP contribution < -0.4 is 0 Å². The molecule has 0 radical (unpaired) electrons. The molecule has 13 atom stereocenters. The summed E-state index contributed by atoms with van der Waals surface area (Å²) in [5.74, 6) is -0.991. The van der Waals surface area contributed by atoms with Gasteiger partial charge in [0.25, 0.3) is 0 Å². The van der Waals surface area contributed by atoms with Crippen molar-refractivity contribution in [3.63, 3.8) is 0 Å². The zero-order valence-corrected chi connectivity index (χ0v) is 20.8. The third kappa shape index (κ3) is 4.04. The van der Waals surface area contributed by atoms with E-state index in [9.17, 15) is 29.6 Å². The number of aliphatic hydroxyl groups excluding tert-OH is 3. The van der Waals surface area contributed by atoms with Gasteiger partial charge in [-0.1, -0.05) is 41.5 Å². The van der Waals surface area contributed by atoms with Crippen LogP contribution in [0.5, 0.6) is 0 Å². The fourth-order valence-electron chi connectivity index (χ4n) is 9.73. The van der Waals surface area contributed by atoms with Crippen LogP contribution in [0.3, 0.4) is 0 Å². The summed E-state index contributed by atoms with van der Waals surface area (Å²) in [6.07, 6.45) is 4.88. The monoisotopic (exact) mass is 484 g/mol. The maximum Gasteiger partial charge on any atom is 0.309 e. The summed E-state index contributed by atoms with van der Waals surface area (Å²) in [4.78, 5) is 11.5. The molecular weight excluding hydrogens is 435 g/mol. The SMILES string of the molecule is C.CC[C@H]1[C@@H](O)[C@@H]2C(C[C@H](O)[C@]3(C)[C@@H]([C@H](C)C[C@H](CF)C(=O)O)CC[C@@H]23)[C@@]2(C)CC[C@@H](O)C[C@@H]12. The third-order valence-electron chi connectivity index (χ3n) is 11.4. The number of rotatable bonds is 6. The fraction of sp³-hybridized carbons (Fsp3) is 0.964. The average Bonchev–Trinajstić information content (AvgIpc) is 3.12. The molecule has 5 nitrogen and oxygen atoms in total. The minimum Gasteiger partial charge on any atom is -0.481 e. The Labute approximate surface area is 205 Å². The molecule has 4 aliphatic carbocycles. The van der Waals surface area contributed by atoms with Gasteiger partial charge >= 0.3 is 5.97 Å². The lowest BCUT2D eigenvalue weighted by Crippen LogP contribution is -2.65. The first-order valence-corrected chi connectivity index (χ1v) is 13.3. The molecule has 4 rings (SSSR count). The molecule has 0 heterocycles. The molecule has 0 amide bonds. The molecule has 1 unspecified atom stereocenters. The predicted octanol–water partition coefficient (Wildman–Crippen LogP) is 4.92. The van der Waals surface area contributed by atoms with Gasteiger partial charge in [0.05, 0.1) is 24.2 Å². The Bertz CT molecular complexity index is 732. The van der Waals surface area contributed by atoms with Crippen molar-refractivity contribution in [1.82, 2.24) is 0 Å². The van der Waals surface area contributed by atoms with E-state index < -0.39 is 36.2 Å². The van der Waals surface area contributed by atoms with Gasteiger partial charge in [0.1, 0.15) is 6.67 Å². The zero-order chi connectivity index (χ0) is 24.3. The first-order chi connectivity index (χ1) is 15.5. The molecule has 4 N–H and O–H groups in total. The van der Waals surface area contributed by atoms with Crippen molar-refractivity contribution < 1.29 is 29.6 Å². The molecule has 6 heteroatoms. The summed E-state index contributed by atoms with van der Waals surface area (Å²) >= 11 is 0. The number of halogens is 1. The Kier molecular flexibility index (Phi) is 8.17. The van der Waals surface area contributed by atoms with Gasteiger partial charge in [0.15, 0.2) is 0 Å². The summed E-state index contributed by atoms with van der Waals surface area (Å²) in [7, 11) is 0. The van der Waals surface area contributed by atoms with Crippen LogP contribution in [0.1, 0.15) is 86.5 Å². The number of aliphatic carboxylic acids is 1. The summed E-state index contributed by atoms with van der Waals surface area (Å²) in [5, 5.41) is 43.2. The van der Waals surface area contributed by atoms with Gasteiger partial charge in [-0.05, 0) is 97.2 Å². The Morgan fingerprint density at radius 3 is 2.32 bits per heavy atom. The Hall–Kier alpha value is -0.720. The van der Waals surface area contributed by atoms with Gasteiger partial charge in [0.2, 0.25) is 0 Å². The number of carboxylic acid groups (broad SMARTS) is 1.